The summed E-state index contributed by atoms with van der Waals surface area (Å²) in [5, 5.41) is 2.70. The van der Waals surface area contributed by atoms with E-state index in [1.165, 1.54) is 59.4 Å². The average molecular weight is 506 g/mol. The molecule has 2 aliphatic rings. The van der Waals surface area contributed by atoms with Gasteiger partial charge in [0.15, 0.2) is 0 Å². The molecule has 182 valence electrons. The fourth-order valence-electron chi connectivity index (χ4n) is 5.65. The van der Waals surface area contributed by atoms with Crippen LogP contribution in [0.3, 0.4) is 0 Å². The van der Waals surface area contributed by atoms with Crippen LogP contribution < -0.4 is 4.90 Å². The van der Waals surface area contributed by atoms with Crippen molar-refractivity contribution in [1.29, 1.82) is 0 Å². The van der Waals surface area contributed by atoms with Crippen LogP contribution in [-0.2, 0) is 0 Å². The number of benzene rings is 4. The van der Waals surface area contributed by atoms with Crippen LogP contribution in [0.5, 0.6) is 0 Å². The molecule has 2 heterocycles. The molecule has 0 atom stereocenters. The lowest BCUT2D eigenvalue weighted by Crippen LogP contribution is -2.20. The summed E-state index contributed by atoms with van der Waals surface area (Å²) in [6, 6.07) is 34.9. The van der Waals surface area contributed by atoms with E-state index in [4.69, 9.17) is 0 Å². The zero-order valence-corrected chi connectivity index (χ0v) is 21.9. The van der Waals surface area contributed by atoms with Crippen molar-refractivity contribution >= 4 is 42.8 Å². The van der Waals surface area contributed by atoms with E-state index < -0.39 is 0 Å². The molecule has 0 radical (unpaired) electrons. The van der Waals surface area contributed by atoms with E-state index in [0.717, 1.165) is 18.4 Å². The van der Waals surface area contributed by atoms with E-state index in [0.29, 0.717) is 0 Å². The van der Waals surface area contributed by atoms with Crippen molar-refractivity contribution in [3.05, 3.63) is 157 Å². The van der Waals surface area contributed by atoms with Gasteiger partial charge in [0.1, 0.15) is 0 Å². The van der Waals surface area contributed by atoms with Gasteiger partial charge in [0.25, 0.3) is 0 Å². The summed E-state index contributed by atoms with van der Waals surface area (Å²) in [4.78, 5) is 2.35. The fourth-order valence-corrected chi connectivity index (χ4v) is 6.90. The molecule has 5 aromatic rings. The van der Waals surface area contributed by atoms with Gasteiger partial charge in [-0.2, -0.15) is 0 Å². The zero-order valence-electron chi connectivity index (χ0n) is 21.1. The fraction of sp³-hybridized carbons (Fsp3) is 0.0556. The van der Waals surface area contributed by atoms with Crippen molar-refractivity contribution in [1.82, 2.24) is 0 Å². The Morgan fingerprint density at radius 2 is 1.50 bits per heavy atom. The first-order valence-electron chi connectivity index (χ1n) is 13.1. The van der Waals surface area contributed by atoms with Gasteiger partial charge in [-0.25, -0.2) is 0 Å². The Hall–Kier alpha value is -4.40. The molecule has 1 nitrogen and oxygen atoms in total. The monoisotopic (exact) mass is 505 g/mol. The Labute approximate surface area is 227 Å². The quantitative estimate of drug-likeness (QED) is 0.236. The zero-order chi connectivity index (χ0) is 25.5. The predicted molar refractivity (Wildman–Crippen MR) is 165 cm³/mol. The van der Waals surface area contributed by atoms with E-state index in [2.05, 4.69) is 139 Å². The first kappa shape index (κ1) is 22.8. The number of hydrogen-bond donors (Lipinski definition) is 0. The largest absolute Gasteiger partial charge is 0.320 e. The summed E-state index contributed by atoms with van der Waals surface area (Å²) >= 11 is 1.90. The number of fused-ring (bicyclic) bond motifs is 3. The van der Waals surface area contributed by atoms with E-state index in [-0.39, 0.29) is 0 Å². The summed E-state index contributed by atoms with van der Waals surface area (Å²) in [6.07, 6.45) is 12.9. The number of thiophene rings is 1. The normalized spacial score (nSPS) is 17.2. The maximum absolute atomic E-state index is 4.47. The number of allylic oxidation sites excluding steroid dienone is 8. The van der Waals surface area contributed by atoms with Gasteiger partial charge in [-0.3, -0.25) is 0 Å². The Morgan fingerprint density at radius 3 is 2.42 bits per heavy atom. The summed E-state index contributed by atoms with van der Waals surface area (Å²) < 4.78 is 2.72. The second-order valence-electron chi connectivity index (χ2n) is 9.82. The van der Waals surface area contributed by atoms with Crippen molar-refractivity contribution in [3.8, 4) is 11.1 Å². The second-order valence-corrected chi connectivity index (χ2v) is 10.9. The van der Waals surface area contributed by atoms with Crippen molar-refractivity contribution in [2.45, 2.75) is 12.8 Å². The molecular weight excluding hydrogens is 478 g/mol. The Balaban J connectivity index is 1.36. The number of nitrogens with zero attached hydrogens (tertiary/aromatic N) is 1. The van der Waals surface area contributed by atoms with Crippen LogP contribution in [0.2, 0.25) is 0 Å². The highest BCUT2D eigenvalue weighted by Crippen LogP contribution is 2.43. The molecule has 0 spiro atoms. The van der Waals surface area contributed by atoms with Gasteiger partial charge in [-0.05, 0) is 71.0 Å². The third-order valence-electron chi connectivity index (χ3n) is 7.52. The number of hydrogen-bond acceptors (Lipinski definition) is 2. The summed E-state index contributed by atoms with van der Waals surface area (Å²) in [5.74, 6) is 0. The molecule has 1 aliphatic heterocycles. The number of rotatable bonds is 3. The summed E-state index contributed by atoms with van der Waals surface area (Å²) in [7, 11) is 0. The molecule has 0 fully saturated rings. The molecular formula is C36H27NS. The SMILES string of the molecule is C=C1/C=C\C=C/N(c2cccc(-c3ccccc3)c2)C2=C1C=C(c1cccc3c1sc1ccccc13)CC2. The lowest BCUT2D eigenvalue weighted by Gasteiger charge is -2.31. The smallest absolute Gasteiger partial charge is 0.0458 e. The first-order valence-corrected chi connectivity index (χ1v) is 13.9. The molecule has 0 saturated carbocycles. The minimum atomic E-state index is 0.954. The van der Waals surface area contributed by atoms with Gasteiger partial charge in [-0.1, -0.05) is 97.6 Å². The third-order valence-corrected chi connectivity index (χ3v) is 8.74. The molecule has 0 unspecified atom stereocenters. The predicted octanol–water partition coefficient (Wildman–Crippen LogP) is 10.3. The van der Waals surface area contributed by atoms with Crippen molar-refractivity contribution < 1.29 is 0 Å². The molecule has 0 N–H and O–H groups in total. The van der Waals surface area contributed by atoms with Crippen LogP contribution in [0, 0.1) is 0 Å². The molecule has 2 heteroatoms. The van der Waals surface area contributed by atoms with Gasteiger partial charge in [-0.15, -0.1) is 11.3 Å². The van der Waals surface area contributed by atoms with Gasteiger partial charge < -0.3 is 4.90 Å². The highest BCUT2D eigenvalue weighted by atomic mass is 32.1. The van der Waals surface area contributed by atoms with Crippen molar-refractivity contribution in [2.24, 2.45) is 0 Å². The third kappa shape index (κ3) is 3.95. The number of anilines is 1. The van der Waals surface area contributed by atoms with Gasteiger partial charge >= 0.3 is 0 Å². The lowest BCUT2D eigenvalue weighted by atomic mass is 9.87. The van der Waals surface area contributed by atoms with Crippen LogP contribution in [0.4, 0.5) is 5.69 Å². The lowest BCUT2D eigenvalue weighted by molar-refractivity contribution is 0.911. The summed E-state index contributed by atoms with van der Waals surface area (Å²) in [5.41, 5.74) is 9.92. The average Bonchev–Trinajstić information content (AvgIpc) is 3.35. The van der Waals surface area contributed by atoms with Crippen molar-refractivity contribution in [2.75, 3.05) is 4.90 Å². The van der Waals surface area contributed by atoms with Gasteiger partial charge in [0.2, 0.25) is 0 Å². The molecule has 0 saturated heterocycles. The van der Waals surface area contributed by atoms with E-state index in [1.807, 2.05) is 11.3 Å². The Kier molecular flexibility index (Phi) is 5.68. The van der Waals surface area contributed by atoms with Gasteiger partial charge in [0, 0.05) is 43.3 Å². The molecule has 1 aliphatic carbocycles. The molecule has 1 aromatic heterocycles. The highest BCUT2D eigenvalue weighted by molar-refractivity contribution is 7.26. The molecule has 0 bridgehead atoms. The molecule has 4 aromatic carbocycles. The van der Waals surface area contributed by atoms with E-state index in [9.17, 15) is 0 Å². The van der Waals surface area contributed by atoms with E-state index >= 15 is 0 Å². The minimum absolute atomic E-state index is 0.954. The highest BCUT2D eigenvalue weighted by Gasteiger charge is 2.23. The molecule has 38 heavy (non-hydrogen) atoms. The molecule has 0 amide bonds. The summed E-state index contributed by atoms with van der Waals surface area (Å²) in [6.45, 7) is 4.47. The minimum Gasteiger partial charge on any atom is -0.320 e. The standard InChI is InChI=1S/C36H27NS/c1-25-11-7-8-22-37(29-15-9-14-27(23-29)26-12-3-2-4-13-26)34-21-20-28(24-33(25)34)30-17-10-18-32-31-16-5-6-19-35(31)38-36(30)32/h2-19,22-24H,1,20-21H2/b11-7-,22-8-. The van der Waals surface area contributed by atoms with E-state index in [1.54, 1.807) is 0 Å². The van der Waals surface area contributed by atoms with Crippen molar-refractivity contribution in [3.63, 3.8) is 0 Å². The van der Waals surface area contributed by atoms with Gasteiger partial charge in [0.05, 0.1) is 0 Å². The Bertz CT molecular complexity index is 1830. The van der Waals surface area contributed by atoms with Crippen LogP contribution in [0.1, 0.15) is 18.4 Å². The maximum atomic E-state index is 4.47. The van der Waals surface area contributed by atoms with Crippen LogP contribution >= 0.6 is 11.3 Å². The van der Waals surface area contributed by atoms with Crippen LogP contribution in [0.25, 0.3) is 36.9 Å². The second kappa shape index (κ2) is 9.48. The topological polar surface area (TPSA) is 3.24 Å². The van der Waals surface area contributed by atoms with Crippen LogP contribution in [0.15, 0.2) is 151 Å². The first-order chi connectivity index (χ1) is 18.8. The molecule has 7 rings (SSSR count). The Morgan fingerprint density at radius 1 is 0.711 bits per heavy atom. The van der Waals surface area contributed by atoms with Crippen LogP contribution in [-0.4, -0.2) is 0 Å². The maximum Gasteiger partial charge on any atom is 0.0458 e.